The van der Waals surface area contributed by atoms with Crippen molar-refractivity contribution in [1.82, 2.24) is 4.90 Å². The maximum atomic E-state index is 13.6. The number of nitrogens with zero attached hydrogens (tertiary/aromatic N) is 2. The Balaban J connectivity index is 1.67. The van der Waals surface area contributed by atoms with Gasteiger partial charge in [0.2, 0.25) is 0 Å². The van der Waals surface area contributed by atoms with Crippen molar-refractivity contribution in [1.29, 1.82) is 0 Å². The fraction of sp³-hybridized carbons (Fsp3) is 0.316. The molecule has 4 nitrogen and oxygen atoms in total. The molecule has 0 radical (unpaired) electrons. The summed E-state index contributed by atoms with van der Waals surface area (Å²) in [6.07, 6.45) is -4.79. The number of nitrogens with one attached hydrogen (secondary N) is 1. The van der Waals surface area contributed by atoms with Crippen molar-refractivity contribution < 1.29 is 22.4 Å². The summed E-state index contributed by atoms with van der Waals surface area (Å²) in [5.41, 5.74) is -0.0564. The summed E-state index contributed by atoms with van der Waals surface area (Å²) in [6, 6.07) is 9.29. The Morgan fingerprint density at radius 2 is 1.63 bits per heavy atom. The van der Waals surface area contributed by atoms with Crippen molar-refractivity contribution in [3.8, 4) is 0 Å². The van der Waals surface area contributed by atoms with Crippen LogP contribution in [0.15, 0.2) is 42.5 Å². The fourth-order valence-electron chi connectivity index (χ4n) is 2.91. The van der Waals surface area contributed by atoms with Crippen molar-refractivity contribution >= 4 is 17.3 Å². The van der Waals surface area contributed by atoms with Crippen molar-refractivity contribution in [2.45, 2.75) is 6.18 Å². The number of anilines is 2. The van der Waals surface area contributed by atoms with Crippen LogP contribution in [0.4, 0.5) is 28.9 Å². The Labute approximate surface area is 154 Å². The SMILES string of the molecule is CN1CCN(c2ccc(NC(=O)c3ccc(C(F)(F)F)c(F)c3)cc2)CC1. The number of alkyl halides is 3. The summed E-state index contributed by atoms with van der Waals surface area (Å²) >= 11 is 0. The number of piperazine rings is 1. The van der Waals surface area contributed by atoms with Gasteiger partial charge in [-0.1, -0.05) is 0 Å². The van der Waals surface area contributed by atoms with E-state index in [9.17, 15) is 22.4 Å². The van der Waals surface area contributed by atoms with Gasteiger partial charge in [0.15, 0.2) is 0 Å². The highest BCUT2D eigenvalue weighted by atomic mass is 19.4. The average Bonchev–Trinajstić information content (AvgIpc) is 2.62. The lowest BCUT2D eigenvalue weighted by atomic mass is 10.1. The molecule has 0 spiro atoms. The molecule has 8 heteroatoms. The first kappa shape index (κ1) is 19.2. The molecule has 1 N–H and O–H groups in total. The van der Waals surface area contributed by atoms with Crippen LogP contribution in [0.1, 0.15) is 15.9 Å². The summed E-state index contributed by atoms with van der Waals surface area (Å²) in [5, 5.41) is 2.57. The van der Waals surface area contributed by atoms with Gasteiger partial charge in [0.1, 0.15) is 5.82 Å². The zero-order chi connectivity index (χ0) is 19.6. The number of benzene rings is 2. The van der Waals surface area contributed by atoms with Crippen LogP contribution in [0.3, 0.4) is 0 Å². The van der Waals surface area contributed by atoms with Gasteiger partial charge in [-0.2, -0.15) is 13.2 Å². The van der Waals surface area contributed by atoms with E-state index in [0.717, 1.165) is 37.9 Å². The van der Waals surface area contributed by atoms with Crippen LogP contribution in [-0.4, -0.2) is 44.0 Å². The highest BCUT2D eigenvalue weighted by Crippen LogP contribution is 2.31. The Hall–Kier alpha value is -2.61. The maximum absolute atomic E-state index is 13.6. The summed E-state index contributed by atoms with van der Waals surface area (Å²) in [4.78, 5) is 16.7. The molecule has 0 bridgehead atoms. The van der Waals surface area contributed by atoms with Gasteiger partial charge < -0.3 is 15.1 Å². The predicted molar refractivity (Wildman–Crippen MR) is 95.5 cm³/mol. The molecule has 0 atom stereocenters. The zero-order valence-corrected chi connectivity index (χ0v) is 14.7. The standard InChI is InChI=1S/C19H19F4N3O/c1-25-8-10-26(11-9-25)15-5-3-14(4-6-15)24-18(27)13-2-7-16(17(20)12-13)19(21,22)23/h2-7,12H,8-11H2,1H3,(H,24,27). The molecule has 1 amide bonds. The van der Waals surface area contributed by atoms with Crippen LogP contribution in [-0.2, 0) is 6.18 Å². The molecule has 0 aliphatic carbocycles. The first-order chi connectivity index (χ1) is 12.7. The third-order valence-electron chi connectivity index (χ3n) is 4.53. The molecule has 0 saturated carbocycles. The zero-order valence-electron chi connectivity index (χ0n) is 14.7. The van der Waals surface area contributed by atoms with Gasteiger partial charge in [-0.3, -0.25) is 4.79 Å². The van der Waals surface area contributed by atoms with Gasteiger partial charge >= 0.3 is 6.18 Å². The third kappa shape index (κ3) is 4.57. The molecule has 27 heavy (non-hydrogen) atoms. The van der Waals surface area contributed by atoms with Gasteiger partial charge in [0, 0.05) is 43.1 Å². The smallest absolute Gasteiger partial charge is 0.369 e. The first-order valence-electron chi connectivity index (χ1n) is 8.46. The number of halogens is 4. The predicted octanol–water partition coefficient (Wildman–Crippen LogP) is 3.85. The van der Waals surface area contributed by atoms with Crippen molar-refractivity contribution in [3.63, 3.8) is 0 Å². The average molecular weight is 381 g/mol. The molecule has 0 unspecified atom stereocenters. The largest absolute Gasteiger partial charge is 0.419 e. The van der Waals surface area contributed by atoms with Crippen molar-refractivity contribution in [3.05, 3.63) is 59.4 Å². The second kappa shape index (κ2) is 7.56. The highest BCUT2D eigenvalue weighted by molar-refractivity contribution is 6.04. The van der Waals surface area contributed by atoms with E-state index in [1.54, 1.807) is 12.1 Å². The Bertz CT molecular complexity index is 813. The van der Waals surface area contributed by atoms with Crippen LogP contribution < -0.4 is 10.2 Å². The fourth-order valence-corrected chi connectivity index (χ4v) is 2.91. The quantitative estimate of drug-likeness (QED) is 0.821. The van der Waals surface area contributed by atoms with Crippen LogP contribution in [0.2, 0.25) is 0 Å². The second-order valence-electron chi connectivity index (χ2n) is 6.48. The molecule has 2 aromatic rings. The lowest BCUT2D eigenvalue weighted by molar-refractivity contribution is -0.140. The normalized spacial score (nSPS) is 15.7. The van der Waals surface area contributed by atoms with Gasteiger partial charge in [0.25, 0.3) is 5.91 Å². The van der Waals surface area contributed by atoms with Crippen LogP contribution >= 0.6 is 0 Å². The molecule has 144 valence electrons. The Kier molecular flexibility index (Phi) is 5.36. The Morgan fingerprint density at radius 3 is 2.19 bits per heavy atom. The van der Waals surface area contributed by atoms with Gasteiger partial charge in [-0.05, 0) is 49.5 Å². The van der Waals surface area contributed by atoms with E-state index < -0.39 is 23.5 Å². The molecular weight excluding hydrogens is 362 g/mol. The topological polar surface area (TPSA) is 35.6 Å². The first-order valence-corrected chi connectivity index (χ1v) is 8.46. The Morgan fingerprint density at radius 1 is 1.00 bits per heavy atom. The van der Waals surface area contributed by atoms with Crippen LogP contribution in [0, 0.1) is 5.82 Å². The van der Waals surface area contributed by atoms with E-state index in [1.165, 1.54) is 0 Å². The van der Waals surface area contributed by atoms with Gasteiger partial charge in [-0.25, -0.2) is 4.39 Å². The lowest BCUT2D eigenvalue weighted by Gasteiger charge is -2.34. The minimum Gasteiger partial charge on any atom is -0.369 e. The van der Waals surface area contributed by atoms with Crippen LogP contribution in [0.5, 0.6) is 0 Å². The van der Waals surface area contributed by atoms with E-state index in [4.69, 9.17) is 0 Å². The molecular formula is C19H19F4N3O. The molecule has 1 fully saturated rings. The summed E-state index contributed by atoms with van der Waals surface area (Å²) in [6.45, 7) is 3.76. The summed E-state index contributed by atoms with van der Waals surface area (Å²) in [7, 11) is 2.07. The summed E-state index contributed by atoms with van der Waals surface area (Å²) < 4.78 is 51.4. The van der Waals surface area contributed by atoms with E-state index in [0.29, 0.717) is 17.8 Å². The van der Waals surface area contributed by atoms with Gasteiger partial charge in [-0.15, -0.1) is 0 Å². The molecule has 1 heterocycles. The van der Waals surface area contributed by atoms with Crippen molar-refractivity contribution in [2.75, 3.05) is 43.4 Å². The summed E-state index contributed by atoms with van der Waals surface area (Å²) in [5.74, 6) is -2.14. The van der Waals surface area contributed by atoms with E-state index in [2.05, 4.69) is 22.2 Å². The molecule has 1 saturated heterocycles. The number of hydrogen-bond donors (Lipinski definition) is 1. The van der Waals surface area contributed by atoms with E-state index in [1.807, 2.05) is 12.1 Å². The number of hydrogen-bond acceptors (Lipinski definition) is 3. The second-order valence-corrected chi connectivity index (χ2v) is 6.48. The number of carbonyl (C=O) groups is 1. The molecule has 2 aromatic carbocycles. The minimum atomic E-state index is -4.79. The molecule has 0 aromatic heterocycles. The minimum absolute atomic E-state index is 0.177. The number of carbonyl (C=O) groups excluding carboxylic acids is 1. The number of likely N-dealkylation sites (N-methyl/N-ethyl adjacent to an activating group) is 1. The monoisotopic (exact) mass is 381 g/mol. The number of rotatable bonds is 3. The third-order valence-corrected chi connectivity index (χ3v) is 4.53. The molecule has 1 aliphatic heterocycles. The molecule has 3 rings (SSSR count). The van der Waals surface area contributed by atoms with Gasteiger partial charge in [0.05, 0.1) is 5.56 Å². The number of amides is 1. The van der Waals surface area contributed by atoms with Crippen molar-refractivity contribution in [2.24, 2.45) is 0 Å². The van der Waals surface area contributed by atoms with E-state index in [-0.39, 0.29) is 5.56 Å². The van der Waals surface area contributed by atoms with E-state index >= 15 is 0 Å². The van der Waals surface area contributed by atoms with Crippen LogP contribution in [0.25, 0.3) is 0 Å². The highest BCUT2D eigenvalue weighted by Gasteiger charge is 2.34. The maximum Gasteiger partial charge on any atom is 0.419 e. The molecule has 1 aliphatic rings. The lowest BCUT2D eigenvalue weighted by Crippen LogP contribution is -2.44.